The number of nitrogens with two attached hydrogens (primary N) is 1. The first-order valence-electron chi connectivity index (χ1n) is 12.6. The highest BCUT2D eigenvalue weighted by atomic mass is 32.2. The Balaban J connectivity index is 1.63. The summed E-state index contributed by atoms with van der Waals surface area (Å²) in [7, 11) is -4.08. The third-order valence-electron chi connectivity index (χ3n) is 5.98. The number of carbonyl (C=O) groups is 4. The normalized spacial score (nSPS) is 11.0. The number of aryl methyl sites for hydroxylation is 1. The lowest BCUT2D eigenvalue weighted by Gasteiger charge is -2.13. The van der Waals surface area contributed by atoms with Crippen molar-refractivity contribution in [1.29, 1.82) is 0 Å². The molecule has 0 bridgehead atoms. The van der Waals surface area contributed by atoms with Crippen molar-refractivity contribution in [3.63, 3.8) is 0 Å². The van der Waals surface area contributed by atoms with Crippen LogP contribution in [0.2, 0.25) is 0 Å². The molecule has 0 aliphatic carbocycles. The highest BCUT2D eigenvalue weighted by Crippen LogP contribution is 2.25. The van der Waals surface area contributed by atoms with Gasteiger partial charge in [-0.15, -0.1) is 0 Å². The summed E-state index contributed by atoms with van der Waals surface area (Å²) < 4.78 is 28.0. The van der Waals surface area contributed by atoms with Gasteiger partial charge in [-0.05, 0) is 66.9 Å². The van der Waals surface area contributed by atoms with Gasteiger partial charge in [0, 0.05) is 29.9 Å². The maximum Gasteiger partial charge on any atom is 0.337 e. The van der Waals surface area contributed by atoms with Gasteiger partial charge in [0.15, 0.2) is 0 Å². The highest BCUT2D eigenvalue weighted by Gasteiger charge is 2.20. The van der Waals surface area contributed by atoms with E-state index >= 15 is 0 Å². The second-order valence-corrected chi connectivity index (χ2v) is 10.8. The van der Waals surface area contributed by atoms with Crippen LogP contribution >= 0.6 is 0 Å². The van der Waals surface area contributed by atoms with Gasteiger partial charge in [-0.1, -0.05) is 25.5 Å². The number of sulfonamides is 1. The topological polar surface area (TPSA) is 205 Å². The van der Waals surface area contributed by atoms with Gasteiger partial charge in [0.1, 0.15) is 0 Å². The molecule has 0 aliphatic rings. The van der Waals surface area contributed by atoms with E-state index < -0.39 is 33.8 Å². The number of nitrogens with one attached hydrogen (secondary N) is 3. The van der Waals surface area contributed by atoms with Crippen LogP contribution in [0.4, 0.5) is 22.7 Å². The first kappa shape index (κ1) is 30.6. The van der Waals surface area contributed by atoms with Gasteiger partial charge in [-0.2, -0.15) is 0 Å². The maximum atomic E-state index is 12.9. The molecule has 0 radical (unpaired) electrons. The molecular weight excluding hydrogens is 552 g/mol. The molecule has 2 amide bonds. The van der Waals surface area contributed by atoms with E-state index in [4.69, 9.17) is 10.8 Å². The largest absolute Gasteiger partial charge is 0.478 e. The van der Waals surface area contributed by atoms with Crippen molar-refractivity contribution in [1.82, 2.24) is 0 Å². The van der Waals surface area contributed by atoms with E-state index in [2.05, 4.69) is 22.3 Å². The molecule has 216 valence electrons. The van der Waals surface area contributed by atoms with Crippen molar-refractivity contribution in [2.24, 2.45) is 0 Å². The minimum Gasteiger partial charge on any atom is -0.478 e. The third kappa shape index (κ3) is 8.54. The molecule has 3 aromatic rings. The molecular formula is C28H30N4O8S. The van der Waals surface area contributed by atoms with Crippen LogP contribution in [-0.4, -0.2) is 42.4 Å². The first-order chi connectivity index (χ1) is 19.4. The number of benzene rings is 3. The Morgan fingerprint density at radius 2 is 1.32 bits per heavy atom. The fourth-order valence-electron chi connectivity index (χ4n) is 3.80. The summed E-state index contributed by atoms with van der Waals surface area (Å²) in [4.78, 5) is 47.6. The van der Waals surface area contributed by atoms with Crippen molar-refractivity contribution in [2.75, 3.05) is 21.1 Å². The number of amides is 2. The van der Waals surface area contributed by atoms with Crippen molar-refractivity contribution in [3.8, 4) is 0 Å². The molecule has 13 heteroatoms. The molecule has 0 aliphatic heterocycles. The predicted octanol–water partition coefficient (Wildman–Crippen LogP) is 4.17. The van der Waals surface area contributed by atoms with E-state index in [-0.39, 0.29) is 51.6 Å². The van der Waals surface area contributed by atoms with E-state index in [9.17, 15) is 32.7 Å². The molecule has 3 aromatic carbocycles. The molecule has 0 saturated heterocycles. The van der Waals surface area contributed by atoms with E-state index in [1.54, 1.807) is 12.1 Å². The number of carboxylic acid groups (broad SMARTS) is 2. The second-order valence-electron chi connectivity index (χ2n) is 9.12. The van der Waals surface area contributed by atoms with Crippen LogP contribution in [0.15, 0.2) is 65.6 Å². The fourth-order valence-corrected chi connectivity index (χ4v) is 4.88. The van der Waals surface area contributed by atoms with Gasteiger partial charge < -0.3 is 26.6 Å². The molecule has 12 nitrogen and oxygen atoms in total. The molecule has 0 fully saturated rings. The number of anilines is 4. The van der Waals surface area contributed by atoms with Crippen molar-refractivity contribution in [3.05, 3.63) is 77.4 Å². The third-order valence-corrected chi connectivity index (χ3v) is 7.36. The van der Waals surface area contributed by atoms with Crippen LogP contribution in [0.3, 0.4) is 0 Å². The lowest BCUT2D eigenvalue weighted by molar-refractivity contribution is -0.121. The van der Waals surface area contributed by atoms with Gasteiger partial charge in [0.25, 0.3) is 10.0 Å². The van der Waals surface area contributed by atoms with Crippen LogP contribution in [0.5, 0.6) is 0 Å². The zero-order chi connectivity index (χ0) is 30.2. The summed E-state index contributed by atoms with van der Waals surface area (Å²) >= 11 is 0. The highest BCUT2D eigenvalue weighted by molar-refractivity contribution is 7.92. The van der Waals surface area contributed by atoms with Gasteiger partial charge in [0.2, 0.25) is 11.8 Å². The average molecular weight is 583 g/mol. The Kier molecular flexibility index (Phi) is 10.0. The van der Waals surface area contributed by atoms with Crippen LogP contribution in [-0.2, 0) is 26.0 Å². The minimum absolute atomic E-state index is 0.0251. The van der Waals surface area contributed by atoms with Crippen molar-refractivity contribution < 1.29 is 37.8 Å². The molecule has 0 aromatic heterocycles. The van der Waals surface area contributed by atoms with E-state index in [1.807, 2.05) is 0 Å². The van der Waals surface area contributed by atoms with Gasteiger partial charge in [-0.3, -0.25) is 14.3 Å². The van der Waals surface area contributed by atoms with Crippen LogP contribution < -0.4 is 21.1 Å². The number of hydrogen-bond donors (Lipinski definition) is 6. The zero-order valence-electron chi connectivity index (χ0n) is 22.1. The number of hydrogen-bond acceptors (Lipinski definition) is 7. The molecule has 0 unspecified atom stereocenters. The van der Waals surface area contributed by atoms with Crippen LogP contribution in [0.25, 0.3) is 0 Å². The Bertz CT molecular complexity index is 1570. The molecule has 0 spiro atoms. The zero-order valence-corrected chi connectivity index (χ0v) is 23.0. The monoisotopic (exact) mass is 582 g/mol. The Morgan fingerprint density at radius 3 is 1.85 bits per heavy atom. The summed E-state index contributed by atoms with van der Waals surface area (Å²) in [6, 6.07) is 13.9. The summed E-state index contributed by atoms with van der Waals surface area (Å²) in [5.41, 5.74) is 6.14. The molecule has 0 saturated carbocycles. The maximum absolute atomic E-state index is 12.9. The quantitative estimate of drug-likeness (QED) is 0.160. The smallest absolute Gasteiger partial charge is 0.337 e. The Labute approximate surface area is 236 Å². The predicted molar refractivity (Wildman–Crippen MR) is 154 cm³/mol. The Hall–Kier alpha value is -4.91. The van der Waals surface area contributed by atoms with Crippen molar-refractivity contribution >= 4 is 56.5 Å². The van der Waals surface area contributed by atoms with E-state index in [0.29, 0.717) is 0 Å². The fraction of sp³-hybridized carbons (Fsp3) is 0.214. The number of aromatic carboxylic acids is 2. The summed E-state index contributed by atoms with van der Waals surface area (Å²) in [6.07, 6.45) is 2.28. The Morgan fingerprint density at radius 1 is 0.780 bits per heavy atom. The number of carbonyl (C=O) groups excluding carboxylic acids is 2. The van der Waals surface area contributed by atoms with Gasteiger partial charge in [-0.25, -0.2) is 18.0 Å². The summed E-state index contributed by atoms with van der Waals surface area (Å²) in [5.74, 6) is -3.83. The molecule has 3 rings (SSSR count). The summed E-state index contributed by atoms with van der Waals surface area (Å²) in [5, 5.41) is 23.7. The molecule has 41 heavy (non-hydrogen) atoms. The SMILES string of the molecule is CCCCc1ccc(S(=O)(=O)Nc2ccc(NC(=O)CCC(=O)Nc3ccc(N)c(C(=O)O)c3)cc2C(=O)O)cc1. The number of carboxylic acids is 2. The number of nitrogen functional groups attached to an aromatic ring is 1. The number of rotatable bonds is 13. The molecule has 7 N–H and O–H groups in total. The van der Waals surface area contributed by atoms with Gasteiger partial charge in [0.05, 0.1) is 21.7 Å². The van der Waals surface area contributed by atoms with E-state index in [0.717, 1.165) is 30.9 Å². The lowest BCUT2D eigenvalue weighted by Crippen LogP contribution is -2.18. The standard InChI is InChI=1S/C28H30N4O8S/c1-2-3-4-17-5-9-20(10-6-17)41(39,40)32-24-12-8-19(16-22(24)28(37)38)31-26(34)14-13-25(33)30-18-7-11-23(29)21(15-18)27(35)36/h5-12,15-16,32H,2-4,13-14,29H2,1H3,(H,30,33)(H,31,34)(H,35,36)(H,37,38). The summed E-state index contributed by atoms with van der Waals surface area (Å²) in [6.45, 7) is 2.06. The second kappa shape index (κ2) is 13.4. The van der Waals surface area contributed by atoms with Crippen molar-refractivity contribution in [2.45, 2.75) is 43.9 Å². The van der Waals surface area contributed by atoms with E-state index in [1.165, 1.54) is 42.5 Å². The molecule has 0 heterocycles. The molecule has 0 atom stereocenters. The van der Waals surface area contributed by atoms with Gasteiger partial charge >= 0.3 is 11.9 Å². The average Bonchev–Trinajstić information content (AvgIpc) is 2.92. The minimum atomic E-state index is -4.08. The number of unbranched alkanes of at least 4 members (excludes halogenated alkanes) is 1. The lowest BCUT2D eigenvalue weighted by atomic mass is 10.1. The van der Waals surface area contributed by atoms with Crippen LogP contribution in [0, 0.1) is 0 Å². The van der Waals surface area contributed by atoms with Crippen LogP contribution in [0.1, 0.15) is 58.9 Å². The first-order valence-corrected chi connectivity index (χ1v) is 14.1.